The van der Waals surface area contributed by atoms with Gasteiger partial charge < -0.3 is 5.32 Å². The number of amides is 1. The lowest BCUT2D eigenvalue weighted by molar-refractivity contribution is 0.0941. The molecule has 3 aromatic rings. The molecule has 1 N–H and O–H groups in total. The van der Waals surface area contributed by atoms with Gasteiger partial charge in [-0.3, -0.25) is 14.3 Å². The number of fused-ring (bicyclic) bond motifs is 1. The van der Waals surface area contributed by atoms with Crippen LogP contribution in [0.3, 0.4) is 0 Å². The average molecular weight is 377 g/mol. The standard InChI is InChI=1S/C22H27N5O/c1-4-26-12-6-7-18(26)14-24-22(28)17-10-9-15(2)20(13-17)27-16(3)25-19-8-5-11-23-21(19)27/h5,8-11,13,18H,4,6-7,12,14H2,1-3H3,(H,24,28). The zero-order chi connectivity index (χ0) is 19.7. The largest absolute Gasteiger partial charge is 0.350 e. The minimum absolute atomic E-state index is 0.0285. The number of nitrogens with one attached hydrogen (secondary N) is 1. The van der Waals surface area contributed by atoms with Crippen LogP contribution in [0, 0.1) is 13.8 Å². The molecule has 0 saturated carbocycles. The molecule has 1 aliphatic rings. The molecule has 6 heteroatoms. The summed E-state index contributed by atoms with van der Waals surface area (Å²) in [6, 6.07) is 10.1. The van der Waals surface area contributed by atoms with Gasteiger partial charge in [-0.2, -0.15) is 0 Å². The molecular weight excluding hydrogens is 350 g/mol. The minimum atomic E-state index is -0.0285. The zero-order valence-corrected chi connectivity index (χ0v) is 16.8. The van der Waals surface area contributed by atoms with Crippen molar-refractivity contribution in [2.75, 3.05) is 19.6 Å². The maximum atomic E-state index is 12.8. The summed E-state index contributed by atoms with van der Waals surface area (Å²) in [5.41, 5.74) is 4.36. The Morgan fingerprint density at radius 3 is 2.96 bits per heavy atom. The molecule has 0 spiro atoms. The number of carbonyl (C=O) groups excluding carboxylic acids is 1. The van der Waals surface area contributed by atoms with Gasteiger partial charge in [-0.05, 0) is 69.6 Å². The Hall–Kier alpha value is -2.73. The third-order valence-electron chi connectivity index (χ3n) is 5.70. The summed E-state index contributed by atoms with van der Waals surface area (Å²) in [5.74, 6) is 0.832. The Kier molecular flexibility index (Phi) is 5.13. The molecule has 6 nitrogen and oxygen atoms in total. The van der Waals surface area contributed by atoms with Crippen molar-refractivity contribution in [1.82, 2.24) is 24.8 Å². The molecule has 1 saturated heterocycles. The maximum absolute atomic E-state index is 12.8. The van der Waals surface area contributed by atoms with E-state index < -0.39 is 0 Å². The van der Waals surface area contributed by atoms with Crippen molar-refractivity contribution in [3.8, 4) is 5.69 Å². The number of carbonyl (C=O) groups is 1. The Morgan fingerprint density at radius 1 is 1.29 bits per heavy atom. The monoisotopic (exact) mass is 377 g/mol. The fraction of sp³-hybridized carbons (Fsp3) is 0.409. The van der Waals surface area contributed by atoms with Gasteiger partial charge in [-0.15, -0.1) is 0 Å². The zero-order valence-electron chi connectivity index (χ0n) is 16.8. The summed E-state index contributed by atoms with van der Waals surface area (Å²) >= 11 is 0. The molecule has 1 atom stereocenters. The van der Waals surface area contributed by atoms with Gasteiger partial charge in [0.1, 0.15) is 11.3 Å². The SMILES string of the molecule is CCN1CCCC1CNC(=O)c1ccc(C)c(-n2c(C)nc3cccnc32)c1. The van der Waals surface area contributed by atoms with Crippen LogP contribution in [0.25, 0.3) is 16.9 Å². The lowest BCUT2D eigenvalue weighted by atomic mass is 10.1. The third kappa shape index (κ3) is 3.40. The Balaban J connectivity index is 1.60. The van der Waals surface area contributed by atoms with E-state index in [9.17, 15) is 4.79 Å². The fourth-order valence-corrected chi connectivity index (χ4v) is 4.16. The maximum Gasteiger partial charge on any atom is 0.251 e. The van der Waals surface area contributed by atoms with E-state index in [0.29, 0.717) is 18.2 Å². The highest BCUT2D eigenvalue weighted by Crippen LogP contribution is 2.23. The average Bonchev–Trinajstić information content (AvgIpc) is 3.29. The Morgan fingerprint density at radius 2 is 2.14 bits per heavy atom. The first-order chi connectivity index (χ1) is 13.6. The molecule has 0 bridgehead atoms. The first-order valence-electron chi connectivity index (χ1n) is 10.0. The number of nitrogens with zero attached hydrogens (tertiary/aromatic N) is 4. The molecule has 4 rings (SSSR count). The number of hydrogen-bond donors (Lipinski definition) is 1. The minimum Gasteiger partial charge on any atom is -0.350 e. The van der Waals surface area contributed by atoms with Crippen LogP contribution in [0.1, 0.15) is 41.5 Å². The van der Waals surface area contributed by atoms with Crippen LogP contribution in [0.2, 0.25) is 0 Å². The summed E-state index contributed by atoms with van der Waals surface area (Å²) in [6.45, 7) is 9.06. The molecule has 0 radical (unpaired) electrons. The molecule has 2 aromatic heterocycles. The van der Waals surface area contributed by atoms with E-state index in [1.807, 2.05) is 48.7 Å². The van der Waals surface area contributed by atoms with Crippen molar-refractivity contribution in [1.29, 1.82) is 0 Å². The summed E-state index contributed by atoms with van der Waals surface area (Å²) in [5, 5.41) is 3.13. The molecule has 146 valence electrons. The normalized spacial score (nSPS) is 17.3. The summed E-state index contributed by atoms with van der Waals surface area (Å²) in [4.78, 5) is 24.3. The number of pyridine rings is 1. The Bertz CT molecular complexity index is 1010. The van der Waals surface area contributed by atoms with Crippen molar-refractivity contribution < 1.29 is 4.79 Å². The Labute approximate surface area is 165 Å². The lowest BCUT2D eigenvalue weighted by Crippen LogP contribution is -2.40. The van der Waals surface area contributed by atoms with Gasteiger partial charge in [0, 0.05) is 24.3 Å². The van der Waals surface area contributed by atoms with Crippen LogP contribution < -0.4 is 5.32 Å². The second kappa shape index (κ2) is 7.72. The number of rotatable bonds is 5. The van der Waals surface area contributed by atoms with Gasteiger partial charge in [0.05, 0.1) is 5.69 Å². The highest BCUT2D eigenvalue weighted by molar-refractivity contribution is 5.95. The quantitative estimate of drug-likeness (QED) is 0.741. The van der Waals surface area contributed by atoms with Gasteiger partial charge in [-0.1, -0.05) is 13.0 Å². The molecule has 0 aliphatic carbocycles. The number of likely N-dealkylation sites (tertiary alicyclic amines) is 1. The molecule has 1 amide bonds. The molecule has 1 fully saturated rings. The lowest BCUT2D eigenvalue weighted by Gasteiger charge is -2.23. The number of imidazole rings is 1. The van der Waals surface area contributed by atoms with Crippen molar-refractivity contribution in [3.05, 3.63) is 53.5 Å². The highest BCUT2D eigenvalue weighted by Gasteiger charge is 2.23. The summed E-state index contributed by atoms with van der Waals surface area (Å²) < 4.78 is 2.03. The third-order valence-corrected chi connectivity index (χ3v) is 5.70. The van der Waals surface area contributed by atoms with Crippen LogP contribution in [0.4, 0.5) is 0 Å². The van der Waals surface area contributed by atoms with Crippen molar-refractivity contribution in [2.24, 2.45) is 0 Å². The van der Waals surface area contributed by atoms with Gasteiger partial charge in [0.25, 0.3) is 5.91 Å². The second-order valence-electron chi connectivity index (χ2n) is 7.48. The van der Waals surface area contributed by atoms with E-state index in [1.54, 1.807) is 6.20 Å². The van der Waals surface area contributed by atoms with Gasteiger partial charge in [0.15, 0.2) is 5.65 Å². The number of likely N-dealkylation sites (N-methyl/N-ethyl adjacent to an activating group) is 1. The van der Waals surface area contributed by atoms with E-state index in [4.69, 9.17) is 0 Å². The van der Waals surface area contributed by atoms with Crippen molar-refractivity contribution >= 4 is 17.1 Å². The van der Waals surface area contributed by atoms with Crippen LogP contribution in [0.5, 0.6) is 0 Å². The summed E-state index contributed by atoms with van der Waals surface area (Å²) in [6.07, 6.45) is 4.13. The van der Waals surface area contributed by atoms with E-state index in [1.165, 1.54) is 6.42 Å². The van der Waals surface area contributed by atoms with Crippen LogP contribution in [-0.4, -0.2) is 51.0 Å². The van der Waals surface area contributed by atoms with E-state index in [-0.39, 0.29) is 5.91 Å². The van der Waals surface area contributed by atoms with E-state index >= 15 is 0 Å². The smallest absolute Gasteiger partial charge is 0.251 e. The summed E-state index contributed by atoms with van der Waals surface area (Å²) in [7, 11) is 0. The molecular formula is C22H27N5O. The van der Waals surface area contributed by atoms with Gasteiger partial charge >= 0.3 is 0 Å². The predicted octanol–water partition coefficient (Wildman–Crippen LogP) is 3.25. The van der Waals surface area contributed by atoms with Crippen LogP contribution >= 0.6 is 0 Å². The first kappa shape index (κ1) is 18.6. The molecule has 1 unspecified atom stereocenters. The van der Waals surface area contributed by atoms with Gasteiger partial charge in [0.2, 0.25) is 0 Å². The van der Waals surface area contributed by atoms with Crippen molar-refractivity contribution in [2.45, 2.75) is 39.7 Å². The molecule has 3 heterocycles. The number of aryl methyl sites for hydroxylation is 2. The van der Waals surface area contributed by atoms with E-state index in [2.05, 4.69) is 27.1 Å². The topological polar surface area (TPSA) is 63.1 Å². The highest BCUT2D eigenvalue weighted by atomic mass is 16.1. The predicted molar refractivity (Wildman–Crippen MR) is 111 cm³/mol. The fourth-order valence-electron chi connectivity index (χ4n) is 4.16. The van der Waals surface area contributed by atoms with E-state index in [0.717, 1.165) is 47.7 Å². The molecule has 1 aromatic carbocycles. The van der Waals surface area contributed by atoms with Crippen molar-refractivity contribution in [3.63, 3.8) is 0 Å². The van der Waals surface area contributed by atoms with Crippen LogP contribution in [0.15, 0.2) is 36.5 Å². The van der Waals surface area contributed by atoms with Crippen LogP contribution in [-0.2, 0) is 0 Å². The number of hydrogen-bond acceptors (Lipinski definition) is 4. The number of benzene rings is 1. The second-order valence-corrected chi connectivity index (χ2v) is 7.48. The molecule has 28 heavy (non-hydrogen) atoms. The van der Waals surface area contributed by atoms with Gasteiger partial charge in [-0.25, -0.2) is 9.97 Å². The number of aromatic nitrogens is 3. The molecule has 1 aliphatic heterocycles. The first-order valence-corrected chi connectivity index (χ1v) is 10.0.